The molecule has 1 aromatic rings. The Labute approximate surface area is 125 Å². The van der Waals surface area contributed by atoms with Crippen molar-refractivity contribution >= 4 is 11.8 Å². The smallest absolute Gasteiger partial charge is 0.274 e. The van der Waals surface area contributed by atoms with E-state index in [0.29, 0.717) is 25.2 Å². The van der Waals surface area contributed by atoms with E-state index < -0.39 is 0 Å². The third-order valence-corrected chi connectivity index (χ3v) is 3.46. The largest absolute Gasteiger partial charge is 0.356 e. The molecule has 0 saturated heterocycles. The van der Waals surface area contributed by atoms with Crippen molar-refractivity contribution in [1.29, 1.82) is 0 Å². The van der Waals surface area contributed by atoms with Gasteiger partial charge in [0, 0.05) is 37.9 Å². The second-order valence-electron chi connectivity index (χ2n) is 5.27. The van der Waals surface area contributed by atoms with E-state index in [1.54, 1.807) is 11.1 Å². The lowest BCUT2D eigenvalue weighted by Gasteiger charge is -2.21. The summed E-state index contributed by atoms with van der Waals surface area (Å²) in [7, 11) is 0. The highest BCUT2D eigenvalue weighted by Gasteiger charge is 2.33. The van der Waals surface area contributed by atoms with Gasteiger partial charge in [0.1, 0.15) is 5.69 Å². The van der Waals surface area contributed by atoms with Gasteiger partial charge in [-0.2, -0.15) is 0 Å². The Kier molecular flexibility index (Phi) is 5.66. The topological polar surface area (TPSA) is 75.2 Å². The second-order valence-corrected chi connectivity index (χ2v) is 5.27. The van der Waals surface area contributed by atoms with Crippen LogP contribution < -0.4 is 5.32 Å². The summed E-state index contributed by atoms with van der Waals surface area (Å²) in [6, 6.07) is 0.253. The molecule has 2 rings (SSSR count). The molecule has 6 nitrogen and oxygen atoms in total. The maximum Gasteiger partial charge on any atom is 0.274 e. The summed E-state index contributed by atoms with van der Waals surface area (Å²) in [6.07, 6.45) is 8.91. The minimum Gasteiger partial charge on any atom is -0.356 e. The molecule has 1 saturated carbocycles. The Morgan fingerprint density at radius 1 is 1.38 bits per heavy atom. The Balaban J connectivity index is 1.85. The van der Waals surface area contributed by atoms with E-state index in [1.807, 2.05) is 0 Å². The maximum absolute atomic E-state index is 12.4. The van der Waals surface area contributed by atoms with Crippen molar-refractivity contribution < 1.29 is 9.59 Å². The van der Waals surface area contributed by atoms with Crippen LogP contribution >= 0.6 is 0 Å². The molecule has 1 N–H and O–H groups in total. The lowest BCUT2D eigenvalue weighted by atomic mass is 10.3. The fourth-order valence-corrected chi connectivity index (χ4v) is 2.11. The van der Waals surface area contributed by atoms with Gasteiger partial charge in [-0.05, 0) is 19.3 Å². The fourth-order valence-electron chi connectivity index (χ4n) is 2.11. The van der Waals surface area contributed by atoms with Gasteiger partial charge in [-0.1, -0.05) is 13.3 Å². The number of nitrogens with zero attached hydrogens (tertiary/aromatic N) is 3. The lowest BCUT2D eigenvalue weighted by molar-refractivity contribution is -0.121. The summed E-state index contributed by atoms with van der Waals surface area (Å²) < 4.78 is 0. The zero-order valence-corrected chi connectivity index (χ0v) is 12.4. The first-order valence-corrected chi connectivity index (χ1v) is 7.56. The van der Waals surface area contributed by atoms with Gasteiger partial charge < -0.3 is 10.2 Å². The first kappa shape index (κ1) is 15.4. The van der Waals surface area contributed by atoms with Gasteiger partial charge >= 0.3 is 0 Å². The van der Waals surface area contributed by atoms with Crippen molar-refractivity contribution in [3.05, 3.63) is 24.3 Å². The lowest BCUT2D eigenvalue weighted by Crippen LogP contribution is -2.37. The van der Waals surface area contributed by atoms with Crippen LogP contribution in [0.25, 0.3) is 0 Å². The predicted octanol–water partition coefficient (Wildman–Crippen LogP) is 1.39. The summed E-state index contributed by atoms with van der Waals surface area (Å²) in [5.74, 6) is -0.131. The van der Waals surface area contributed by atoms with Crippen LogP contribution in [0.3, 0.4) is 0 Å². The number of rotatable bonds is 8. The standard InChI is InChI=1S/C15H22N4O2/c1-2-3-7-18-14(20)6-10-19(12-4-5-12)15(21)13-11-16-8-9-17-13/h8-9,11-12H,2-7,10H2,1H3,(H,18,20). The highest BCUT2D eigenvalue weighted by Crippen LogP contribution is 2.28. The first-order chi connectivity index (χ1) is 10.2. The molecule has 1 aliphatic rings. The summed E-state index contributed by atoms with van der Waals surface area (Å²) >= 11 is 0. The van der Waals surface area contributed by atoms with E-state index >= 15 is 0 Å². The van der Waals surface area contributed by atoms with Crippen LogP contribution in [0.5, 0.6) is 0 Å². The average molecular weight is 290 g/mol. The Hall–Kier alpha value is -1.98. The van der Waals surface area contributed by atoms with Gasteiger partial charge in [0.15, 0.2) is 0 Å². The number of hydrogen-bond acceptors (Lipinski definition) is 4. The third-order valence-electron chi connectivity index (χ3n) is 3.46. The summed E-state index contributed by atoms with van der Waals surface area (Å²) in [4.78, 5) is 33.9. The minimum atomic E-state index is -0.132. The van der Waals surface area contributed by atoms with E-state index in [4.69, 9.17) is 0 Å². The highest BCUT2D eigenvalue weighted by molar-refractivity contribution is 5.92. The Bertz CT molecular complexity index is 474. The quantitative estimate of drug-likeness (QED) is 0.734. The van der Waals surface area contributed by atoms with E-state index in [2.05, 4.69) is 22.2 Å². The molecule has 1 aromatic heterocycles. The van der Waals surface area contributed by atoms with Gasteiger partial charge in [-0.3, -0.25) is 14.6 Å². The van der Waals surface area contributed by atoms with Gasteiger partial charge in [0.05, 0.1) is 6.20 Å². The van der Waals surface area contributed by atoms with E-state index in [9.17, 15) is 9.59 Å². The van der Waals surface area contributed by atoms with Crippen molar-refractivity contribution in [2.45, 2.75) is 45.1 Å². The number of nitrogens with one attached hydrogen (secondary N) is 1. The van der Waals surface area contributed by atoms with Crippen LogP contribution in [0.15, 0.2) is 18.6 Å². The molecule has 1 heterocycles. The molecule has 114 valence electrons. The van der Waals surface area contributed by atoms with Crippen LogP contribution in [-0.4, -0.2) is 45.8 Å². The van der Waals surface area contributed by atoms with Gasteiger partial charge in [0.25, 0.3) is 5.91 Å². The van der Waals surface area contributed by atoms with Crippen molar-refractivity contribution in [2.24, 2.45) is 0 Å². The summed E-state index contributed by atoms with van der Waals surface area (Å²) in [6.45, 7) is 3.23. The summed E-state index contributed by atoms with van der Waals surface area (Å²) in [5.41, 5.74) is 0.343. The highest BCUT2D eigenvalue weighted by atomic mass is 16.2. The summed E-state index contributed by atoms with van der Waals surface area (Å²) in [5, 5.41) is 2.87. The number of aromatic nitrogens is 2. The maximum atomic E-state index is 12.4. The number of carbonyl (C=O) groups excluding carboxylic acids is 2. The zero-order chi connectivity index (χ0) is 15.1. The van der Waals surface area contributed by atoms with Gasteiger partial charge in [-0.15, -0.1) is 0 Å². The molecule has 0 aromatic carbocycles. The number of hydrogen-bond donors (Lipinski definition) is 1. The molecular formula is C15H22N4O2. The first-order valence-electron chi connectivity index (χ1n) is 7.56. The molecule has 0 radical (unpaired) electrons. The van der Waals surface area contributed by atoms with Crippen molar-refractivity contribution in [2.75, 3.05) is 13.1 Å². The predicted molar refractivity (Wildman–Crippen MR) is 78.6 cm³/mol. The molecule has 2 amide bonds. The van der Waals surface area contributed by atoms with E-state index in [0.717, 1.165) is 25.7 Å². The van der Waals surface area contributed by atoms with Gasteiger partial charge in [0.2, 0.25) is 5.91 Å². The Morgan fingerprint density at radius 2 is 2.19 bits per heavy atom. The molecule has 21 heavy (non-hydrogen) atoms. The minimum absolute atomic E-state index is 0.000968. The normalized spacial score (nSPS) is 13.8. The second kappa shape index (κ2) is 7.71. The average Bonchev–Trinajstić information content (AvgIpc) is 3.33. The number of carbonyl (C=O) groups is 2. The number of amides is 2. The third kappa shape index (κ3) is 4.81. The van der Waals surface area contributed by atoms with Crippen molar-refractivity contribution in [3.8, 4) is 0 Å². The number of unbranched alkanes of at least 4 members (excludes halogenated alkanes) is 1. The molecule has 0 bridgehead atoms. The van der Waals surface area contributed by atoms with Crippen LogP contribution in [0.2, 0.25) is 0 Å². The van der Waals surface area contributed by atoms with Crippen LogP contribution in [-0.2, 0) is 4.79 Å². The van der Waals surface area contributed by atoms with Crippen LogP contribution in [0.4, 0.5) is 0 Å². The van der Waals surface area contributed by atoms with Crippen molar-refractivity contribution in [1.82, 2.24) is 20.2 Å². The monoisotopic (exact) mass is 290 g/mol. The molecule has 0 aliphatic heterocycles. The van der Waals surface area contributed by atoms with E-state index in [1.165, 1.54) is 12.4 Å². The molecule has 0 unspecified atom stereocenters. The molecule has 1 aliphatic carbocycles. The fraction of sp³-hybridized carbons (Fsp3) is 0.600. The molecular weight excluding hydrogens is 268 g/mol. The van der Waals surface area contributed by atoms with E-state index in [-0.39, 0.29) is 17.9 Å². The Morgan fingerprint density at radius 3 is 2.81 bits per heavy atom. The van der Waals surface area contributed by atoms with Crippen LogP contribution in [0.1, 0.15) is 49.5 Å². The molecule has 1 fully saturated rings. The zero-order valence-electron chi connectivity index (χ0n) is 12.4. The molecule has 0 atom stereocenters. The van der Waals surface area contributed by atoms with Crippen LogP contribution in [0, 0.1) is 0 Å². The SMILES string of the molecule is CCCCNC(=O)CCN(C(=O)c1cnccn1)C1CC1. The molecule has 0 spiro atoms. The van der Waals surface area contributed by atoms with Gasteiger partial charge in [-0.25, -0.2) is 4.98 Å². The van der Waals surface area contributed by atoms with Crippen molar-refractivity contribution in [3.63, 3.8) is 0 Å². The molecule has 6 heteroatoms.